The highest BCUT2D eigenvalue weighted by Gasteiger charge is 2.45. The molecule has 2 N–H and O–H groups in total. The number of carboxylic acid groups (broad SMARTS) is 1. The highest BCUT2D eigenvalue weighted by Crippen LogP contribution is 2.51. The average Bonchev–Trinajstić information content (AvgIpc) is 3.04. The summed E-state index contributed by atoms with van der Waals surface area (Å²) in [7, 11) is 0. The Morgan fingerprint density at radius 2 is 2.15 bits per heavy atom. The molecule has 1 aromatic heterocycles. The van der Waals surface area contributed by atoms with Crippen LogP contribution in [0.4, 0.5) is 0 Å². The standard InChI is InChI=1S/C15H19NO3S/c1-10(2)15(7-8-15)9-16-14(19)12-5-3-11(20-12)4-6-13(17)18/h3-6,10H,7-9H2,1-2H3,(H,16,19)(H,17,18)/b6-4+. The molecular weight excluding hydrogens is 274 g/mol. The fourth-order valence-electron chi connectivity index (χ4n) is 2.18. The Hall–Kier alpha value is -1.62. The predicted molar refractivity (Wildman–Crippen MR) is 79.8 cm³/mol. The molecule has 1 saturated carbocycles. The molecule has 0 bridgehead atoms. The van der Waals surface area contributed by atoms with Crippen molar-refractivity contribution < 1.29 is 14.7 Å². The van der Waals surface area contributed by atoms with Crippen LogP contribution in [0.5, 0.6) is 0 Å². The zero-order chi connectivity index (χ0) is 14.8. The van der Waals surface area contributed by atoms with E-state index in [9.17, 15) is 9.59 Å². The van der Waals surface area contributed by atoms with Crippen LogP contribution in [0.1, 0.15) is 41.2 Å². The first-order chi connectivity index (χ1) is 9.43. The quantitative estimate of drug-likeness (QED) is 0.792. The van der Waals surface area contributed by atoms with Crippen molar-refractivity contribution in [2.75, 3.05) is 6.54 Å². The smallest absolute Gasteiger partial charge is 0.328 e. The summed E-state index contributed by atoms with van der Waals surface area (Å²) in [5.74, 6) is -0.478. The van der Waals surface area contributed by atoms with Gasteiger partial charge in [0.15, 0.2) is 0 Å². The molecule has 1 aliphatic rings. The maximum Gasteiger partial charge on any atom is 0.328 e. The minimum Gasteiger partial charge on any atom is -0.478 e. The van der Waals surface area contributed by atoms with Gasteiger partial charge in [-0.3, -0.25) is 4.79 Å². The van der Waals surface area contributed by atoms with Crippen LogP contribution in [-0.2, 0) is 4.79 Å². The molecule has 0 aromatic carbocycles. The summed E-state index contributed by atoms with van der Waals surface area (Å²) >= 11 is 1.30. The van der Waals surface area contributed by atoms with E-state index < -0.39 is 5.97 Å². The predicted octanol–water partition coefficient (Wildman–Crippen LogP) is 3.01. The van der Waals surface area contributed by atoms with Crippen molar-refractivity contribution in [3.63, 3.8) is 0 Å². The molecule has 1 amide bonds. The molecule has 108 valence electrons. The van der Waals surface area contributed by atoms with Crippen molar-refractivity contribution in [1.82, 2.24) is 5.32 Å². The number of aliphatic carboxylic acids is 1. The fraction of sp³-hybridized carbons (Fsp3) is 0.467. The molecular formula is C15H19NO3S. The molecule has 0 spiro atoms. The van der Waals surface area contributed by atoms with Crippen molar-refractivity contribution in [2.24, 2.45) is 11.3 Å². The van der Waals surface area contributed by atoms with Crippen LogP contribution >= 0.6 is 11.3 Å². The number of carbonyl (C=O) groups is 2. The maximum atomic E-state index is 12.1. The number of carboxylic acids is 1. The third-order valence-corrected chi connectivity index (χ3v) is 5.01. The van der Waals surface area contributed by atoms with Gasteiger partial charge < -0.3 is 10.4 Å². The molecule has 0 saturated heterocycles. The van der Waals surface area contributed by atoms with Crippen LogP contribution in [0.15, 0.2) is 18.2 Å². The van der Waals surface area contributed by atoms with E-state index in [1.807, 2.05) is 0 Å². The summed E-state index contributed by atoms with van der Waals surface area (Å²) < 4.78 is 0. The van der Waals surface area contributed by atoms with Gasteiger partial charge in [0.1, 0.15) is 0 Å². The Kier molecular flexibility index (Phi) is 4.28. The van der Waals surface area contributed by atoms with Gasteiger partial charge in [0, 0.05) is 17.5 Å². The normalized spacial score (nSPS) is 16.6. The summed E-state index contributed by atoms with van der Waals surface area (Å²) in [5.41, 5.74) is 0.291. The van der Waals surface area contributed by atoms with Gasteiger partial charge in [-0.25, -0.2) is 4.79 Å². The molecule has 5 heteroatoms. The third-order valence-electron chi connectivity index (χ3n) is 3.96. The Labute approximate surface area is 122 Å². The van der Waals surface area contributed by atoms with Crippen LogP contribution in [0.2, 0.25) is 0 Å². The highest BCUT2D eigenvalue weighted by molar-refractivity contribution is 7.14. The van der Waals surface area contributed by atoms with Crippen molar-refractivity contribution >= 4 is 29.3 Å². The van der Waals surface area contributed by atoms with E-state index in [1.165, 1.54) is 30.3 Å². The van der Waals surface area contributed by atoms with Gasteiger partial charge >= 0.3 is 5.97 Å². The molecule has 1 aliphatic carbocycles. The van der Waals surface area contributed by atoms with Gasteiger partial charge in [-0.1, -0.05) is 13.8 Å². The lowest BCUT2D eigenvalue weighted by molar-refractivity contribution is -0.131. The number of thiophene rings is 1. The minimum atomic E-state index is -0.989. The Morgan fingerprint density at radius 3 is 2.70 bits per heavy atom. The Balaban J connectivity index is 1.92. The summed E-state index contributed by atoms with van der Waals surface area (Å²) in [4.78, 5) is 23.9. The van der Waals surface area contributed by atoms with Crippen LogP contribution < -0.4 is 5.32 Å². The zero-order valence-electron chi connectivity index (χ0n) is 11.7. The van der Waals surface area contributed by atoms with Gasteiger partial charge in [-0.2, -0.15) is 0 Å². The largest absolute Gasteiger partial charge is 0.478 e. The van der Waals surface area contributed by atoms with Crippen molar-refractivity contribution in [3.8, 4) is 0 Å². The van der Waals surface area contributed by atoms with Crippen LogP contribution in [-0.4, -0.2) is 23.5 Å². The van der Waals surface area contributed by atoms with Gasteiger partial charge in [0.25, 0.3) is 5.91 Å². The van der Waals surface area contributed by atoms with E-state index >= 15 is 0 Å². The molecule has 0 atom stereocenters. The second-order valence-electron chi connectivity index (χ2n) is 5.57. The number of hydrogen-bond acceptors (Lipinski definition) is 3. The first kappa shape index (κ1) is 14.8. The first-order valence-corrected chi connectivity index (χ1v) is 7.54. The summed E-state index contributed by atoms with van der Waals surface area (Å²) in [5, 5.41) is 11.6. The number of nitrogens with one attached hydrogen (secondary N) is 1. The monoisotopic (exact) mass is 293 g/mol. The van der Waals surface area contributed by atoms with Gasteiger partial charge in [0.05, 0.1) is 4.88 Å². The summed E-state index contributed by atoms with van der Waals surface area (Å²) in [6, 6.07) is 3.49. The number of carbonyl (C=O) groups excluding carboxylic acids is 1. The van der Waals surface area contributed by atoms with Crippen LogP contribution in [0.25, 0.3) is 6.08 Å². The molecule has 0 radical (unpaired) electrons. The van der Waals surface area contributed by atoms with Crippen molar-refractivity contribution in [2.45, 2.75) is 26.7 Å². The molecule has 1 heterocycles. The second kappa shape index (κ2) is 5.79. The maximum absolute atomic E-state index is 12.1. The molecule has 20 heavy (non-hydrogen) atoms. The summed E-state index contributed by atoms with van der Waals surface area (Å²) in [6.07, 6.45) is 4.94. The lowest BCUT2D eigenvalue weighted by Crippen LogP contribution is -2.32. The van der Waals surface area contributed by atoms with E-state index in [0.717, 1.165) is 17.5 Å². The molecule has 4 nitrogen and oxygen atoms in total. The number of rotatable bonds is 6. The number of hydrogen-bond donors (Lipinski definition) is 2. The fourth-order valence-corrected chi connectivity index (χ4v) is 3.01. The van der Waals surface area contributed by atoms with E-state index in [-0.39, 0.29) is 5.91 Å². The highest BCUT2D eigenvalue weighted by atomic mass is 32.1. The van der Waals surface area contributed by atoms with E-state index in [1.54, 1.807) is 12.1 Å². The first-order valence-electron chi connectivity index (χ1n) is 6.72. The van der Waals surface area contributed by atoms with Crippen molar-refractivity contribution in [1.29, 1.82) is 0 Å². The van der Waals surface area contributed by atoms with E-state index in [4.69, 9.17) is 5.11 Å². The molecule has 1 aromatic rings. The van der Waals surface area contributed by atoms with Gasteiger partial charge in [0.2, 0.25) is 0 Å². The lowest BCUT2D eigenvalue weighted by Gasteiger charge is -2.19. The lowest BCUT2D eigenvalue weighted by atomic mass is 9.92. The number of amides is 1. The second-order valence-corrected chi connectivity index (χ2v) is 6.69. The van der Waals surface area contributed by atoms with Crippen LogP contribution in [0.3, 0.4) is 0 Å². The van der Waals surface area contributed by atoms with Crippen LogP contribution in [0, 0.1) is 11.3 Å². The zero-order valence-corrected chi connectivity index (χ0v) is 12.5. The average molecular weight is 293 g/mol. The van der Waals surface area contributed by atoms with E-state index in [2.05, 4.69) is 19.2 Å². The Morgan fingerprint density at radius 1 is 1.45 bits per heavy atom. The minimum absolute atomic E-state index is 0.0723. The molecule has 2 rings (SSSR count). The summed E-state index contributed by atoms with van der Waals surface area (Å²) in [6.45, 7) is 5.11. The van der Waals surface area contributed by atoms with E-state index in [0.29, 0.717) is 16.2 Å². The molecule has 1 fully saturated rings. The Bertz CT molecular complexity index is 541. The topological polar surface area (TPSA) is 66.4 Å². The van der Waals surface area contributed by atoms with Crippen molar-refractivity contribution in [3.05, 3.63) is 28.0 Å². The molecule has 0 unspecified atom stereocenters. The van der Waals surface area contributed by atoms with Gasteiger partial charge in [-0.05, 0) is 42.4 Å². The molecule has 0 aliphatic heterocycles. The SMILES string of the molecule is CC(C)C1(CNC(=O)c2ccc(/C=C/C(=O)O)s2)CC1. The third kappa shape index (κ3) is 3.48. The van der Waals surface area contributed by atoms with Gasteiger partial charge in [-0.15, -0.1) is 11.3 Å².